The number of halogens is 1. The smallest absolute Gasteiger partial charge is 0.188 e. The standard InChI is InChI=1S/C10H10ClN5S/c11-8-7(12)9(14-4-13-8)16-10-15-6(3-17-10)5-1-2-5/h3-5H,1-2,12H2,(H,13,14,15,16). The summed E-state index contributed by atoms with van der Waals surface area (Å²) in [4.78, 5) is 12.3. The molecule has 0 unspecified atom stereocenters. The third-order valence-electron chi connectivity index (χ3n) is 2.58. The first-order valence-corrected chi connectivity index (χ1v) is 6.48. The Balaban J connectivity index is 1.83. The molecule has 0 aliphatic heterocycles. The molecule has 1 fully saturated rings. The lowest BCUT2D eigenvalue weighted by molar-refractivity contribution is 1.05. The van der Waals surface area contributed by atoms with Crippen molar-refractivity contribution < 1.29 is 0 Å². The summed E-state index contributed by atoms with van der Waals surface area (Å²) in [6.07, 6.45) is 3.85. The second-order valence-electron chi connectivity index (χ2n) is 3.90. The maximum absolute atomic E-state index is 5.81. The normalized spacial score (nSPS) is 14.9. The summed E-state index contributed by atoms with van der Waals surface area (Å²) in [6.45, 7) is 0. The molecule has 7 heteroatoms. The zero-order chi connectivity index (χ0) is 11.8. The molecule has 88 valence electrons. The number of nitrogens with two attached hydrogens (primary N) is 1. The second-order valence-corrected chi connectivity index (χ2v) is 5.12. The summed E-state index contributed by atoms with van der Waals surface area (Å²) in [7, 11) is 0. The van der Waals surface area contributed by atoms with Crippen molar-refractivity contribution in [2.24, 2.45) is 0 Å². The maximum Gasteiger partial charge on any atom is 0.188 e. The van der Waals surface area contributed by atoms with Gasteiger partial charge in [-0.1, -0.05) is 11.6 Å². The van der Waals surface area contributed by atoms with Crippen LogP contribution in [0.5, 0.6) is 0 Å². The Morgan fingerprint density at radius 3 is 3.00 bits per heavy atom. The molecule has 0 atom stereocenters. The highest BCUT2D eigenvalue weighted by atomic mass is 35.5. The Bertz CT molecular complexity index is 551. The number of anilines is 3. The summed E-state index contributed by atoms with van der Waals surface area (Å²) in [5.74, 6) is 1.15. The van der Waals surface area contributed by atoms with Crippen LogP contribution in [0.2, 0.25) is 5.15 Å². The lowest BCUT2D eigenvalue weighted by Gasteiger charge is -2.05. The van der Waals surface area contributed by atoms with E-state index in [0.29, 0.717) is 17.4 Å². The summed E-state index contributed by atoms with van der Waals surface area (Å²) in [5.41, 5.74) is 7.26. The molecule has 5 nitrogen and oxygen atoms in total. The number of hydrogen-bond acceptors (Lipinski definition) is 6. The topological polar surface area (TPSA) is 76.7 Å². The van der Waals surface area contributed by atoms with Crippen LogP contribution >= 0.6 is 22.9 Å². The molecule has 2 aromatic heterocycles. The highest BCUT2D eigenvalue weighted by Crippen LogP contribution is 2.41. The molecule has 0 radical (unpaired) electrons. The highest BCUT2D eigenvalue weighted by Gasteiger charge is 2.26. The molecule has 17 heavy (non-hydrogen) atoms. The Kier molecular flexibility index (Phi) is 2.60. The van der Waals surface area contributed by atoms with Gasteiger partial charge in [-0.25, -0.2) is 15.0 Å². The van der Waals surface area contributed by atoms with Crippen LogP contribution in [0.15, 0.2) is 11.7 Å². The minimum atomic E-state index is 0.251. The SMILES string of the molecule is Nc1c(Cl)ncnc1Nc1nc(C2CC2)cs1. The summed E-state index contributed by atoms with van der Waals surface area (Å²) >= 11 is 7.36. The minimum absolute atomic E-state index is 0.251. The van der Waals surface area contributed by atoms with Gasteiger partial charge in [0, 0.05) is 11.3 Å². The van der Waals surface area contributed by atoms with Gasteiger partial charge in [0.2, 0.25) is 0 Å². The predicted molar refractivity (Wildman–Crippen MR) is 68.8 cm³/mol. The summed E-state index contributed by atoms with van der Waals surface area (Å²) in [6, 6.07) is 0. The Hall–Kier alpha value is -1.40. The molecule has 0 bridgehead atoms. The van der Waals surface area contributed by atoms with Crippen LogP contribution < -0.4 is 11.1 Å². The van der Waals surface area contributed by atoms with Crippen LogP contribution in [0, 0.1) is 0 Å². The van der Waals surface area contributed by atoms with Gasteiger partial charge in [-0.3, -0.25) is 0 Å². The maximum atomic E-state index is 5.81. The molecule has 2 aromatic rings. The quantitative estimate of drug-likeness (QED) is 0.836. The molecule has 0 amide bonds. The van der Waals surface area contributed by atoms with Gasteiger partial charge in [0.05, 0.1) is 5.69 Å². The number of nitrogens with one attached hydrogen (secondary N) is 1. The van der Waals surface area contributed by atoms with Crippen LogP contribution in [0.1, 0.15) is 24.5 Å². The molecule has 1 aliphatic rings. The molecule has 3 rings (SSSR count). The fourth-order valence-corrected chi connectivity index (χ4v) is 2.41. The second kappa shape index (κ2) is 4.12. The van der Waals surface area contributed by atoms with E-state index in [1.165, 1.54) is 19.2 Å². The van der Waals surface area contributed by atoms with Crippen LogP contribution in [0.3, 0.4) is 0 Å². The van der Waals surface area contributed by atoms with E-state index in [1.807, 2.05) is 0 Å². The van der Waals surface area contributed by atoms with E-state index in [9.17, 15) is 0 Å². The lowest BCUT2D eigenvalue weighted by Crippen LogP contribution is -2.00. The largest absolute Gasteiger partial charge is 0.393 e. The molecular formula is C10H10ClN5S. The van der Waals surface area contributed by atoms with Gasteiger partial charge in [0.25, 0.3) is 0 Å². The molecule has 0 aromatic carbocycles. The highest BCUT2D eigenvalue weighted by molar-refractivity contribution is 7.13. The van der Waals surface area contributed by atoms with E-state index < -0.39 is 0 Å². The molecule has 1 saturated carbocycles. The average Bonchev–Trinajstić information content (AvgIpc) is 3.06. The van der Waals surface area contributed by atoms with E-state index in [-0.39, 0.29) is 5.15 Å². The van der Waals surface area contributed by atoms with E-state index in [4.69, 9.17) is 17.3 Å². The first-order chi connectivity index (χ1) is 8.24. The zero-order valence-electron chi connectivity index (χ0n) is 8.85. The molecule has 0 spiro atoms. The summed E-state index contributed by atoms with van der Waals surface area (Å²) in [5, 5.41) is 6.17. The number of nitrogen functional groups attached to an aromatic ring is 1. The molecule has 2 heterocycles. The van der Waals surface area contributed by atoms with E-state index >= 15 is 0 Å². The van der Waals surface area contributed by atoms with Crippen LogP contribution in [-0.2, 0) is 0 Å². The van der Waals surface area contributed by atoms with Crippen LogP contribution in [0.25, 0.3) is 0 Å². The predicted octanol–water partition coefficient (Wildman–Crippen LogP) is 2.79. The Labute approximate surface area is 107 Å². The Morgan fingerprint density at radius 2 is 2.24 bits per heavy atom. The number of aromatic nitrogens is 3. The van der Waals surface area contributed by atoms with Crippen molar-refractivity contribution in [2.75, 3.05) is 11.1 Å². The summed E-state index contributed by atoms with van der Waals surface area (Å²) < 4.78 is 0. The van der Waals surface area contributed by atoms with Crippen molar-refractivity contribution in [2.45, 2.75) is 18.8 Å². The number of hydrogen-bond donors (Lipinski definition) is 2. The van der Waals surface area contributed by atoms with Gasteiger partial charge in [0.1, 0.15) is 12.0 Å². The Morgan fingerprint density at radius 1 is 1.41 bits per heavy atom. The third kappa shape index (κ3) is 2.18. The van der Waals surface area contributed by atoms with Crippen molar-refractivity contribution in [3.63, 3.8) is 0 Å². The minimum Gasteiger partial charge on any atom is -0.393 e. The van der Waals surface area contributed by atoms with Gasteiger partial charge in [-0.15, -0.1) is 11.3 Å². The number of rotatable bonds is 3. The van der Waals surface area contributed by atoms with Crippen molar-refractivity contribution in [3.8, 4) is 0 Å². The van der Waals surface area contributed by atoms with Crippen molar-refractivity contribution in [1.29, 1.82) is 0 Å². The molecule has 3 N–H and O–H groups in total. The van der Waals surface area contributed by atoms with Crippen LogP contribution in [-0.4, -0.2) is 15.0 Å². The third-order valence-corrected chi connectivity index (χ3v) is 3.66. The lowest BCUT2D eigenvalue weighted by atomic mass is 10.3. The van der Waals surface area contributed by atoms with Gasteiger partial charge in [-0.2, -0.15) is 0 Å². The van der Waals surface area contributed by atoms with Gasteiger partial charge in [-0.05, 0) is 12.8 Å². The van der Waals surface area contributed by atoms with Gasteiger partial charge in [0.15, 0.2) is 16.1 Å². The van der Waals surface area contributed by atoms with E-state index in [1.54, 1.807) is 11.3 Å². The van der Waals surface area contributed by atoms with Crippen molar-refractivity contribution >= 4 is 39.6 Å². The zero-order valence-corrected chi connectivity index (χ0v) is 10.4. The number of nitrogens with zero attached hydrogens (tertiary/aromatic N) is 3. The molecule has 1 aliphatic carbocycles. The van der Waals surface area contributed by atoms with E-state index in [2.05, 4.69) is 25.6 Å². The molecule has 0 saturated heterocycles. The monoisotopic (exact) mass is 267 g/mol. The fraction of sp³-hybridized carbons (Fsp3) is 0.300. The number of thiazole rings is 1. The fourth-order valence-electron chi connectivity index (χ4n) is 1.49. The van der Waals surface area contributed by atoms with E-state index in [0.717, 1.165) is 10.8 Å². The molecular weight excluding hydrogens is 258 g/mol. The average molecular weight is 268 g/mol. The first kappa shape index (κ1) is 10.7. The van der Waals surface area contributed by atoms with Crippen molar-refractivity contribution in [1.82, 2.24) is 15.0 Å². The van der Waals surface area contributed by atoms with Gasteiger partial charge < -0.3 is 11.1 Å². The van der Waals surface area contributed by atoms with Gasteiger partial charge >= 0.3 is 0 Å². The van der Waals surface area contributed by atoms with Crippen molar-refractivity contribution in [3.05, 3.63) is 22.6 Å². The first-order valence-electron chi connectivity index (χ1n) is 5.22. The van der Waals surface area contributed by atoms with Crippen LogP contribution in [0.4, 0.5) is 16.6 Å².